The highest BCUT2D eigenvalue weighted by atomic mass is 127. The van der Waals surface area contributed by atoms with Crippen LogP contribution in [-0.2, 0) is 11.3 Å². The number of nitrogens with zero attached hydrogens (tertiary/aromatic N) is 1. The lowest BCUT2D eigenvalue weighted by atomic mass is 10.2. The summed E-state index contributed by atoms with van der Waals surface area (Å²) in [5.41, 5.74) is 1.81. The van der Waals surface area contributed by atoms with Crippen LogP contribution >= 0.6 is 24.0 Å². The molecule has 0 aliphatic carbocycles. The van der Waals surface area contributed by atoms with Gasteiger partial charge in [0.25, 0.3) is 0 Å². The number of guanidine groups is 1. The van der Waals surface area contributed by atoms with Crippen LogP contribution in [0.5, 0.6) is 0 Å². The standard InChI is InChI=1S/C15H24N4O2.HI/c1-4-5-10-17-14(16-2)18-11-12-6-8-13(9-7-12)19-15(20)21-3;/h6-9H,4-5,10-11H2,1-3H3,(H,19,20)(H2,16,17,18);1H. The van der Waals surface area contributed by atoms with E-state index in [4.69, 9.17) is 0 Å². The lowest BCUT2D eigenvalue weighted by Gasteiger charge is -2.12. The number of hydrogen-bond acceptors (Lipinski definition) is 3. The molecule has 0 atom stereocenters. The van der Waals surface area contributed by atoms with Gasteiger partial charge in [-0.2, -0.15) is 0 Å². The van der Waals surface area contributed by atoms with E-state index in [2.05, 4.69) is 32.6 Å². The second-order valence-electron chi connectivity index (χ2n) is 4.52. The van der Waals surface area contributed by atoms with E-state index >= 15 is 0 Å². The maximum Gasteiger partial charge on any atom is 0.411 e. The van der Waals surface area contributed by atoms with Crippen molar-refractivity contribution in [3.63, 3.8) is 0 Å². The van der Waals surface area contributed by atoms with Crippen molar-refractivity contribution in [1.82, 2.24) is 10.6 Å². The molecule has 0 saturated heterocycles. The number of aliphatic imine (C=N–C) groups is 1. The Morgan fingerprint density at radius 2 is 1.91 bits per heavy atom. The predicted molar refractivity (Wildman–Crippen MR) is 101 cm³/mol. The molecule has 6 nitrogen and oxygen atoms in total. The van der Waals surface area contributed by atoms with Gasteiger partial charge in [-0.05, 0) is 24.1 Å². The summed E-state index contributed by atoms with van der Waals surface area (Å²) in [6, 6.07) is 7.55. The molecule has 0 saturated carbocycles. The number of carbonyl (C=O) groups is 1. The molecule has 0 bridgehead atoms. The van der Waals surface area contributed by atoms with Crippen LogP contribution in [0.2, 0.25) is 0 Å². The van der Waals surface area contributed by atoms with Crippen LogP contribution in [0.4, 0.5) is 10.5 Å². The van der Waals surface area contributed by atoms with E-state index in [1.165, 1.54) is 7.11 Å². The fourth-order valence-corrected chi connectivity index (χ4v) is 1.66. The molecule has 7 heteroatoms. The van der Waals surface area contributed by atoms with E-state index in [0.29, 0.717) is 12.2 Å². The zero-order valence-corrected chi connectivity index (χ0v) is 15.6. The number of amides is 1. The molecule has 0 aromatic heterocycles. The quantitative estimate of drug-likeness (QED) is 0.286. The first-order valence-corrected chi connectivity index (χ1v) is 7.08. The number of halogens is 1. The third kappa shape index (κ3) is 8.06. The van der Waals surface area contributed by atoms with Gasteiger partial charge in [0, 0.05) is 25.8 Å². The Morgan fingerprint density at radius 3 is 2.45 bits per heavy atom. The van der Waals surface area contributed by atoms with Gasteiger partial charge in [0.05, 0.1) is 7.11 Å². The molecule has 0 fully saturated rings. The number of ether oxygens (including phenoxy) is 1. The highest BCUT2D eigenvalue weighted by Crippen LogP contribution is 2.09. The number of methoxy groups -OCH3 is 1. The normalized spacial score (nSPS) is 10.4. The second-order valence-corrected chi connectivity index (χ2v) is 4.52. The number of hydrogen-bond donors (Lipinski definition) is 3. The lowest BCUT2D eigenvalue weighted by Crippen LogP contribution is -2.37. The molecular formula is C15H25IN4O2. The van der Waals surface area contributed by atoms with Gasteiger partial charge in [-0.3, -0.25) is 10.3 Å². The van der Waals surface area contributed by atoms with E-state index in [9.17, 15) is 4.79 Å². The first-order valence-electron chi connectivity index (χ1n) is 7.08. The maximum absolute atomic E-state index is 11.1. The average molecular weight is 420 g/mol. The van der Waals surface area contributed by atoms with Crippen molar-refractivity contribution in [2.75, 3.05) is 26.0 Å². The van der Waals surface area contributed by atoms with Gasteiger partial charge in [-0.25, -0.2) is 4.79 Å². The van der Waals surface area contributed by atoms with Crippen LogP contribution in [-0.4, -0.2) is 32.8 Å². The number of unbranched alkanes of at least 4 members (excludes halogenated alkanes) is 1. The minimum Gasteiger partial charge on any atom is -0.453 e. The molecule has 22 heavy (non-hydrogen) atoms. The molecule has 124 valence electrons. The van der Waals surface area contributed by atoms with Crippen LogP contribution in [0.3, 0.4) is 0 Å². The van der Waals surface area contributed by atoms with E-state index in [1.807, 2.05) is 24.3 Å². The van der Waals surface area contributed by atoms with E-state index in [1.54, 1.807) is 7.05 Å². The summed E-state index contributed by atoms with van der Waals surface area (Å²) in [5.74, 6) is 0.792. The number of benzene rings is 1. The minimum atomic E-state index is -0.471. The highest BCUT2D eigenvalue weighted by molar-refractivity contribution is 14.0. The van der Waals surface area contributed by atoms with E-state index in [-0.39, 0.29) is 24.0 Å². The summed E-state index contributed by atoms with van der Waals surface area (Å²) < 4.78 is 4.54. The summed E-state index contributed by atoms with van der Waals surface area (Å²) in [6.45, 7) is 3.74. The highest BCUT2D eigenvalue weighted by Gasteiger charge is 2.01. The molecule has 0 radical (unpaired) electrons. The van der Waals surface area contributed by atoms with Crippen molar-refractivity contribution in [2.45, 2.75) is 26.3 Å². The summed E-state index contributed by atoms with van der Waals surface area (Å²) in [6.07, 6.45) is 1.80. The molecule has 0 aliphatic rings. The number of nitrogens with one attached hydrogen (secondary N) is 3. The first kappa shape index (κ1) is 20.5. The Hall–Kier alpha value is -1.51. The van der Waals surface area contributed by atoms with Crippen molar-refractivity contribution in [2.24, 2.45) is 4.99 Å². The number of rotatable bonds is 6. The van der Waals surface area contributed by atoms with Crippen molar-refractivity contribution < 1.29 is 9.53 Å². The molecule has 3 N–H and O–H groups in total. The summed E-state index contributed by atoms with van der Waals surface area (Å²) in [5, 5.41) is 9.11. The SMILES string of the molecule is CCCCNC(=NC)NCc1ccc(NC(=O)OC)cc1.I. The van der Waals surface area contributed by atoms with Gasteiger partial charge >= 0.3 is 6.09 Å². The smallest absolute Gasteiger partial charge is 0.411 e. The molecule has 0 aliphatic heterocycles. The van der Waals surface area contributed by atoms with Crippen LogP contribution < -0.4 is 16.0 Å². The number of carbonyl (C=O) groups excluding carboxylic acids is 1. The summed E-state index contributed by atoms with van der Waals surface area (Å²) in [7, 11) is 3.09. The Balaban J connectivity index is 0.00000441. The van der Waals surface area contributed by atoms with Gasteiger partial charge in [0.15, 0.2) is 5.96 Å². The van der Waals surface area contributed by atoms with Crippen LogP contribution in [0.15, 0.2) is 29.3 Å². The molecule has 1 rings (SSSR count). The van der Waals surface area contributed by atoms with Gasteiger partial charge in [-0.15, -0.1) is 24.0 Å². The monoisotopic (exact) mass is 420 g/mol. The van der Waals surface area contributed by atoms with Crippen molar-refractivity contribution >= 4 is 41.7 Å². The summed E-state index contributed by atoms with van der Waals surface area (Å²) in [4.78, 5) is 15.2. The van der Waals surface area contributed by atoms with Crippen molar-refractivity contribution in [3.8, 4) is 0 Å². The topological polar surface area (TPSA) is 74.8 Å². The van der Waals surface area contributed by atoms with Gasteiger partial charge in [0.2, 0.25) is 0 Å². The maximum atomic E-state index is 11.1. The number of anilines is 1. The first-order chi connectivity index (χ1) is 10.2. The van der Waals surface area contributed by atoms with Crippen LogP contribution in [0, 0.1) is 0 Å². The lowest BCUT2D eigenvalue weighted by molar-refractivity contribution is 0.187. The average Bonchev–Trinajstić information content (AvgIpc) is 2.52. The van der Waals surface area contributed by atoms with Crippen LogP contribution in [0.1, 0.15) is 25.3 Å². The Bertz CT molecular complexity index is 463. The van der Waals surface area contributed by atoms with Crippen molar-refractivity contribution in [3.05, 3.63) is 29.8 Å². The third-order valence-electron chi connectivity index (χ3n) is 2.89. The van der Waals surface area contributed by atoms with Gasteiger partial charge in [-0.1, -0.05) is 25.5 Å². The Labute approximate surface area is 149 Å². The fourth-order valence-electron chi connectivity index (χ4n) is 1.66. The minimum absolute atomic E-state index is 0. The molecule has 0 spiro atoms. The third-order valence-corrected chi connectivity index (χ3v) is 2.89. The second kappa shape index (κ2) is 12.1. The zero-order valence-electron chi connectivity index (χ0n) is 13.3. The molecule has 0 unspecified atom stereocenters. The Kier molecular flexibility index (Phi) is 11.2. The van der Waals surface area contributed by atoms with E-state index in [0.717, 1.165) is 30.9 Å². The van der Waals surface area contributed by atoms with Gasteiger partial charge < -0.3 is 15.4 Å². The summed E-state index contributed by atoms with van der Waals surface area (Å²) >= 11 is 0. The molecule has 1 amide bonds. The molecule has 1 aromatic rings. The van der Waals surface area contributed by atoms with Crippen LogP contribution in [0.25, 0.3) is 0 Å². The van der Waals surface area contributed by atoms with Gasteiger partial charge in [0.1, 0.15) is 0 Å². The molecule has 1 aromatic carbocycles. The van der Waals surface area contributed by atoms with E-state index < -0.39 is 6.09 Å². The fraction of sp³-hybridized carbons (Fsp3) is 0.467. The molecule has 0 heterocycles. The largest absolute Gasteiger partial charge is 0.453 e. The van der Waals surface area contributed by atoms with Crippen molar-refractivity contribution in [1.29, 1.82) is 0 Å². The molecular weight excluding hydrogens is 395 g/mol. The predicted octanol–water partition coefficient (Wildman–Crippen LogP) is 2.95. The zero-order chi connectivity index (χ0) is 15.5. The Morgan fingerprint density at radius 1 is 1.23 bits per heavy atom.